The van der Waals surface area contributed by atoms with E-state index in [-0.39, 0.29) is 25.0 Å². The minimum atomic E-state index is -0.306. The molecular formula is C20H22N2O3. The van der Waals surface area contributed by atoms with Crippen molar-refractivity contribution in [3.63, 3.8) is 0 Å². The van der Waals surface area contributed by atoms with Crippen molar-refractivity contribution in [2.45, 2.75) is 19.8 Å². The molecule has 0 saturated heterocycles. The van der Waals surface area contributed by atoms with Gasteiger partial charge in [-0.25, -0.2) is 0 Å². The zero-order chi connectivity index (χ0) is 17.6. The largest absolute Gasteiger partial charge is 0.484 e. The van der Waals surface area contributed by atoms with Crippen LogP contribution in [0.4, 0.5) is 5.69 Å². The molecule has 3 rings (SSSR count). The van der Waals surface area contributed by atoms with Gasteiger partial charge in [-0.05, 0) is 43.5 Å². The van der Waals surface area contributed by atoms with E-state index in [2.05, 4.69) is 5.32 Å². The average molecular weight is 338 g/mol. The number of hydrogen-bond donors (Lipinski definition) is 1. The first-order chi connectivity index (χ1) is 12.1. The number of nitrogens with zero attached hydrogens (tertiary/aromatic N) is 1. The summed E-state index contributed by atoms with van der Waals surface area (Å²) in [7, 11) is 0. The van der Waals surface area contributed by atoms with Crippen LogP contribution >= 0.6 is 0 Å². The van der Waals surface area contributed by atoms with E-state index in [0.29, 0.717) is 12.3 Å². The van der Waals surface area contributed by atoms with Gasteiger partial charge in [-0.3, -0.25) is 9.59 Å². The Morgan fingerprint density at radius 1 is 1.12 bits per heavy atom. The molecule has 0 unspecified atom stereocenters. The second-order valence-electron chi connectivity index (χ2n) is 6.16. The van der Waals surface area contributed by atoms with Gasteiger partial charge in [0.05, 0.1) is 6.54 Å². The quantitative estimate of drug-likeness (QED) is 0.911. The summed E-state index contributed by atoms with van der Waals surface area (Å²) < 4.78 is 5.42. The van der Waals surface area contributed by atoms with Crippen molar-refractivity contribution in [3.05, 3.63) is 59.7 Å². The molecule has 0 fully saturated rings. The van der Waals surface area contributed by atoms with Gasteiger partial charge in [0.25, 0.3) is 5.91 Å². The third-order valence-corrected chi connectivity index (χ3v) is 4.24. The molecule has 5 nitrogen and oxygen atoms in total. The van der Waals surface area contributed by atoms with Crippen LogP contribution in [0.1, 0.15) is 17.5 Å². The number of hydrogen-bond acceptors (Lipinski definition) is 3. The van der Waals surface area contributed by atoms with Crippen LogP contribution in [0.3, 0.4) is 0 Å². The number of anilines is 1. The number of carbonyl (C=O) groups is 2. The molecule has 0 saturated carbocycles. The zero-order valence-corrected chi connectivity index (χ0v) is 14.3. The maximum Gasteiger partial charge on any atom is 0.258 e. The van der Waals surface area contributed by atoms with Gasteiger partial charge in [0, 0.05) is 12.2 Å². The first-order valence-electron chi connectivity index (χ1n) is 8.48. The molecule has 0 bridgehead atoms. The second kappa shape index (κ2) is 7.83. The topological polar surface area (TPSA) is 58.6 Å². The molecule has 1 aliphatic rings. The molecule has 1 N–H and O–H groups in total. The highest BCUT2D eigenvalue weighted by Crippen LogP contribution is 2.26. The molecule has 2 aromatic carbocycles. The molecule has 0 aromatic heterocycles. The number of ether oxygens (including phenoxy) is 1. The minimum absolute atomic E-state index is 0.0234. The normalized spacial score (nSPS) is 13.1. The molecule has 5 heteroatoms. The second-order valence-corrected chi connectivity index (χ2v) is 6.16. The Labute approximate surface area is 147 Å². The van der Waals surface area contributed by atoms with Crippen molar-refractivity contribution in [2.75, 3.05) is 24.6 Å². The lowest BCUT2D eigenvalue weighted by atomic mass is 10.0. The molecule has 1 aliphatic heterocycles. The molecule has 0 spiro atoms. The summed E-state index contributed by atoms with van der Waals surface area (Å²) in [6.45, 7) is 2.55. The molecule has 2 amide bonds. The number of carbonyl (C=O) groups excluding carboxylic acids is 2. The summed E-state index contributed by atoms with van der Waals surface area (Å²) in [5, 5.41) is 2.64. The lowest BCUT2D eigenvalue weighted by Crippen LogP contribution is -2.43. The van der Waals surface area contributed by atoms with Crippen LogP contribution in [0.5, 0.6) is 5.75 Å². The number of para-hydroxylation sites is 1. The summed E-state index contributed by atoms with van der Waals surface area (Å²) in [5.41, 5.74) is 3.25. The Morgan fingerprint density at radius 2 is 1.88 bits per heavy atom. The van der Waals surface area contributed by atoms with Crippen molar-refractivity contribution in [3.8, 4) is 5.75 Å². The number of rotatable bonds is 5. The highest BCUT2D eigenvalue weighted by molar-refractivity contribution is 5.97. The van der Waals surface area contributed by atoms with E-state index >= 15 is 0 Å². The predicted octanol–water partition coefficient (Wildman–Crippen LogP) is 2.47. The Hall–Kier alpha value is -2.82. The summed E-state index contributed by atoms with van der Waals surface area (Å²) in [6, 6.07) is 15.4. The fourth-order valence-electron chi connectivity index (χ4n) is 2.90. The van der Waals surface area contributed by atoms with E-state index in [0.717, 1.165) is 24.1 Å². The van der Waals surface area contributed by atoms with Crippen LogP contribution in [0.2, 0.25) is 0 Å². The highest BCUT2D eigenvalue weighted by Gasteiger charge is 2.22. The average Bonchev–Trinajstić information content (AvgIpc) is 2.65. The lowest BCUT2D eigenvalue weighted by molar-refractivity contribution is -0.126. The van der Waals surface area contributed by atoms with E-state index in [1.807, 2.05) is 55.5 Å². The number of amides is 2. The van der Waals surface area contributed by atoms with Crippen molar-refractivity contribution >= 4 is 17.5 Å². The Morgan fingerprint density at radius 3 is 2.68 bits per heavy atom. The molecule has 130 valence electrons. The van der Waals surface area contributed by atoms with Gasteiger partial charge in [0.1, 0.15) is 5.75 Å². The van der Waals surface area contributed by atoms with Gasteiger partial charge < -0.3 is 15.0 Å². The summed E-state index contributed by atoms with van der Waals surface area (Å²) >= 11 is 0. The molecule has 2 aromatic rings. The number of benzene rings is 2. The zero-order valence-electron chi connectivity index (χ0n) is 14.3. The molecule has 1 heterocycles. The van der Waals surface area contributed by atoms with Gasteiger partial charge in [-0.1, -0.05) is 35.9 Å². The van der Waals surface area contributed by atoms with Gasteiger partial charge in [-0.2, -0.15) is 0 Å². The summed E-state index contributed by atoms with van der Waals surface area (Å²) in [6.07, 6.45) is 1.92. The molecular weight excluding hydrogens is 316 g/mol. The first kappa shape index (κ1) is 17.0. The van der Waals surface area contributed by atoms with Crippen LogP contribution in [-0.4, -0.2) is 31.5 Å². The third kappa shape index (κ3) is 4.38. The van der Waals surface area contributed by atoms with Crippen LogP contribution in [0, 0.1) is 6.92 Å². The lowest BCUT2D eigenvalue weighted by Gasteiger charge is -2.29. The minimum Gasteiger partial charge on any atom is -0.484 e. The number of aryl methyl sites for hydroxylation is 2. The maximum atomic E-state index is 12.4. The van der Waals surface area contributed by atoms with Crippen molar-refractivity contribution < 1.29 is 14.3 Å². The van der Waals surface area contributed by atoms with Gasteiger partial charge in [-0.15, -0.1) is 0 Å². The standard InChI is InChI=1S/C20H22N2O3/c1-15-8-10-17(11-9-15)25-14-19(23)21-13-20(24)22-12-4-6-16-5-2-3-7-18(16)22/h2-3,5,7-11H,4,6,12-14H2,1H3,(H,21,23). The fourth-order valence-corrected chi connectivity index (χ4v) is 2.90. The highest BCUT2D eigenvalue weighted by atomic mass is 16.5. The Balaban J connectivity index is 1.49. The molecule has 0 radical (unpaired) electrons. The number of fused-ring (bicyclic) bond motifs is 1. The van der Waals surface area contributed by atoms with Crippen molar-refractivity contribution in [2.24, 2.45) is 0 Å². The van der Waals surface area contributed by atoms with E-state index < -0.39 is 0 Å². The fraction of sp³-hybridized carbons (Fsp3) is 0.300. The first-order valence-corrected chi connectivity index (χ1v) is 8.48. The van der Waals surface area contributed by atoms with E-state index in [9.17, 15) is 9.59 Å². The van der Waals surface area contributed by atoms with E-state index in [1.165, 1.54) is 5.56 Å². The molecule has 0 atom stereocenters. The van der Waals surface area contributed by atoms with Crippen LogP contribution < -0.4 is 15.0 Å². The van der Waals surface area contributed by atoms with Gasteiger partial charge >= 0.3 is 0 Å². The molecule has 25 heavy (non-hydrogen) atoms. The predicted molar refractivity (Wildman–Crippen MR) is 96.8 cm³/mol. The van der Waals surface area contributed by atoms with Crippen LogP contribution in [0.25, 0.3) is 0 Å². The summed E-state index contributed by atoms with van der Waals surface area (Å²) in [4.78, 5) is 26.1. The van der Waals surface area contributed by atoms with E-state index in [1.54, 1.807) is 4.90 Å². The van der Waals surface area contributed by atoms with Crippen molar-refractivity contribution in [1.29, 1.82) is 0 Å². The smallest absolute Gasteiger partial charge is 0.258 e. The summed E-state index contributed by atoms with van der Waals surface area (Å²) in [5.74, 6) is 0.229. The van der Waals surface area contributed by atoms with Crippen LogP contribution in [0.15, 0.2) is 48.5 Å². The van der Waals surface area contributed by atoms with Gasteiger partial charge in [0.2, 0.25) is 5.91 Å². The van der Waals surface area contributed by atoms with Gasteiger partial charge in [0.15, 0.2) is 6.61 Å². The third-order valence-electron chi connectivity index (χ3n) is 4.24. The SMILES string of the molecule is Cc1ccc(OCC(=O)NCC(=O)N2CCCc3ccccc32)cc1. The van der Waals surface area contributed by atoms with Crippen LogP contribution in [-0.2, 0) is 16.0 Å². The van der Waals surface area contributed by atoms with E-state index in [4.69, 9.17) is 4.74 Å². The molecule has 0 aliphatic carbocycles. The monoisotopic (exact) mass is 338 g/mol. The maximum absolute atomic E-state index is 12.4. The number of nitrogens with one attached hydrogen (secondary N) is 1. The Kier molecular flexibility index (Phi) is 5.33. The van der Waals surface area contributed by atoms with Crippen molar-refractivity contribution in [1.82, 2.24) is 5.32 Å². The Bertz CT molecular complexity index is 756.